The summed E-state index contributed by atoms with van der Waals surface area (Å²) in [6.45, 7) is 6.40. The SMILES string of the molecule is CC(C)(C)CC(=O)Nc1ccc2c(c1)NC(=O)CCO2. The third-order valence-corrected chi connectivity index (χ3v) is 2.81. The van der Waals surface area contributed by atoms with Gasteiger partial charge in [-0.05, 0) is 23.6 Å². The van der Waals surface area contributed by atoms with Crippen LogP contribution in [0.4, 0.5) is 11.4 Å². The summed E-state index contributed by atoms with van der Waals surface area (Å²) < 4.78 is 5.46. The van der Waals surface area contributed by atoms with Crippen molar-refractivity contribution in [2.24, 2.45) is 5.41 Å². The molecule has 1 aliphatic rings. The summed E-state index contributed by atoms with van der Waals surface area (Å²) >= 11 is 0. The molecule has 2 N–H and O–H groups in total. The van der Waals surface area contributed by atoms with Crippen LogP contribution in [0.3, 0.4) is 0 Å². The number of carbonyl (C=O) groups is 2. The van der Waals surface area contributed by atoms with Crippen molar-refractivity contribution in [3.05, 3.63) is 18.2 Å². The van der Waals surface area contributed by atoms with Crippen molar-refractivity contribution in [1.82, 2.24) is 0 Å². The molecule has 0 aromatic heterocycles. The molecular formula is C15H20N2O3. The molecule has 0 saturated heterocycles. The molecule has 0 saturated carbocycles. The van der Waals surface area contributed by atoms with Crippen LogP contribution >= 0.6 is 0 Å². The number of carbonyl (C=O) groups excluding carboxylic acids is 2. The molecule has 0 radical (unpaired) electrons. The van der Waals surface area contributed by atoms with Gasteiger partial charge in [0.15, 0.2) is 0 Å². The van der Waals surface area contributed by atoms with Gasteiger partial charge in [-0.15, -0.1) is 0 Å². The van der Waals surface area contributed by atoms with E-state index in [4.69, 9.17) is 4.74 Å². The topological polar surface area (TPSA) is 67.4 Å². The van der Waals surface area contributed by atoms with E-state index in [0.29, 0.717) is 36.6 Å². The van der Waals surface area contributed by atoms with E-state index in [1.54, 1.807) is 18.2 Å². The van der Waals surface area contributed by atoms with Gasteiger partial charge in [-0.25, -0.2) is 0 Å². The van der Waals surface area contributed by atoms with Crippen LogP contribution in [0.5, 0.6) is 5.75 Å². The highest BCUT2D eigenvalue weighted by atomic mass is 16.5. The Hall–Kier alpha value is -2.04. The fourth-order valence-corrected chi connectivity index (χ4v) is 1.98. The Morgan fingerprint density at radius 3 is 2.85 bits per heavy atom. The smallest absolute Gasteiger partial charge is 0.227 e. The number of hydrogen-bond acceptors (Lipinski definition) is 3. The monoisotopic (exact) mass is 276 g/mol. The Morgan fingerprint density at radius 1 is 1.40 bits per heavy atom. The molecule has 0 spiro atoms. The van der Waals surface area contributed by atoms with E-state index in [2.05, 4.69) is 10.6 Å². The molecule has 0 aliphatic carbocycles. The van der Waals surface area contributed by atoms with Crippen molar-refractivity contribution in [3.8, 4) is 5.75 Å². The van der Waals surface area contributed by atoms with Crippen LogP contribution in [0.2, 0.25) is 0 Å². The molecule has 5 nitrogen and oxygen atoms in total. The maximum absolute atomic E-state index is 11.9. The number of fused-ring (bicyclic) bond motifs is 1. The number of anilines is 2. The molecule has 0 bridgehead atoms. The molecule has 1 aliphatic heterocycles. The Kier molecular flexibility index (Phi) is 3.97. The Labute approximate surface area is 118 Å². The highest BCUT2D eigenvalue weighted by molar-refractivity contribution is 5.96. The summed E-state index contributed by atoms with van der Waals surface area (Å²) in [4.78, 5) is 23.4. The highest BCUT2D eigenvalue weighted by Gasteiger charge is 2.17. The van der Waals surface area contributed by atoms with Crippen LogP contribution < -0.4 is 15.4 Å². The van der Waals surface area contributed by atoms with Crippen LogP contribution in [0.1, 0.15) is 33.6 Å². The van der Waals surface area contributed by atoms with E-state index in [0.717, 1.165) is 0 Å². The summed E-state index contributed by atoms with van der Waals surface area (Å²) in [5, 5.41) is 5.61. The molecule has 20 heavy (non-hydrogen) atoms. The Morgan fingerprint density at radius 2 is 2.15 bits per heavy atom. The van der Waals surface area contributed by atoms with Gasteiger partial charge in [-0.2, -0.15) is 0 Å². The van der Waals surface area contributed by atoms with Crippen LogP contribution in [-0.4, -0.2) is 18.4 Å². The minimum Gasteiger partial charge on any atom is -0.491 e. The zero-order valence-corrected chi connectivity index (χ0v) is 12.1. The summed E-state index contributed by atoms with van der Waals surface area (Å²) in [6, 6.07) is 5.25. The first-order valence-electron chi connectivity index (χ1n) is 6.70. The average molecular weight is 276 g/mol. The number of nitrogens with one attached hydrogen (secondary N) is 2. The second-order valence-electron chi connectivity index (χ2n) is 6.14. The van der Waals surface area contributed by atoms with Gasteiger partial charge in [-0.1, -0.05) is 20.8 Å². The minimum absolute atomic E-state index is 0.0432. The number of amides is 2. The molecule has 5 heteroatoms. The number of benzene rings is 1. The predicted molar refractivity (Wildman–Crippen MR) is 77.9 cm³/mol. The van der Waals surface area contributed by atoms with Gasteiger partial charge in [0, 0.05) is 12.1 Å². The van der Waals surface area contributed by atoms with Crippen molar-refractivity contribution in [2.75, 3.05) is 17.2 Å². The summed E-state index contributed by atoms with van der Waals surface area (Å²) in [5.41, 5.74) is 1.19. The van der Waals surface area contributed by atoms with Crippen LogP contribution in [0, 0.1) is 5.41 Å². The molecule has 2 rings (SSSR count). The molecule has 108 valence electrons. The summed E-state index contributed by atoms with van der Waals surface area (Å²) in [6.07, 6.45) is 0.771. The lowest BCUT2D eigenvalue weighted by molar-refractivity contribution is -0.118. The molecule has 0 fully saturated rings. The van der Waals surface area contributed by atoms with E-state index >= 15 is 0 Å². The van der Waals surface area contributed by atoms with E-state index < -0.39 is 0 Å². The molecule has 2 amide bonds. The maximum atomic E-state index is 11.9. The molecule has 1 aromatic rings. The molecule has 1 heterocycles. The van der Waals surface area contributed by atoms with Crippen molar-refractivity contribution < 1.29 is 14.3 Å². The lowest BCUT2D eigenvalue weighted by atomic mass is 9.92. The Balaban J connectivity index is 2.11. The number of hydrogen-bond donors (Lipinski definition) is 2. The first kappa shape index (κ1) is 14.4. The van der Waals surface area contributed by atoms with Gasteiger partial charge in [-0.3, -0.25) is 9.59 Å². The van der Waals surface area contributed by atoms with Crippen molar-refractivity contribution in [1.29, 1.82) is 0 Å². The van der Waals surface area contributed by atoms with Crippen molar-refractivity contribution >= 4 is 23.2 Å². The first-order valence-corrected chi connectivity index (χ1v) is 6.70. The quantitative estimate of drug-likeness (QED) is 0.872. The third kappa shape index (κ3) is 3.98. The second kappa shape index (κ2) is 5.53. The van der Waals surface area contributed by atoms with Crippen LogP contribution in [0.15, 0.2) is 18.2 Å². The third-order valence-electron chi connectivity index (χ3n) is 2.81. The zero-order chi connectivity index (χ0) is 14.8. The van der Waals surface area contributed by atoms with Gasteiger partial charge in [0.25, 0.3) is 0 Å². The summed E-state index contributed by atoms with van der Waals surface area (Å²) in [5.74, 6) is 0.505. The second-order valence-corrected chi connectivity index (χ2v) is 6.14. The first-order chi connectivity index (χ1) is 9.33. The fourth-order valence-electron chi connectivity index (χ4n) is 1.98. The molecule has 0 unspecified atom stereocenters. The normalized spacial score (nSPS) is 14.7. The molecular weight excluding hydrogens is 256 g/mol. The van der Waals surface area contributed by atoms with E-state index in [1.165, 1.54) is 0 Å². The molecule has 0 atom stereocenters. The van der Waals surface area contributed by atoms with Crippen molar-refractivity contribution in [2.45, 2.75) is 33.6 Å². The summed E-state index contributed by atoms with van der Waals surface area (Å²) in [7, 11) is 0. The number of ether oxygens (including phenoxy) is 1. The van der Waals surface area contributed by atoms with Gasteiger partial charge in [0.1, 0.15) is 5.75 Å². The largest absolute Gasteiger partial charge is 0.491 e. The minimum atomic E-state index is -0.0816. The van der Waals surface area contributed by atoms with Gasteiger partial charge in [0.2, 0.25) is 11.8 Å². The Bertz CT molecular complexity index is 532. The standard InChI is InChI=1S/C15H20N2O3/c1-15(2,3)9-14(19)16-10-4-5-12-11(8-10)17-13(18)6-7-20-12/h4-5,8H,6-7,9H2,1-3H3,(H,16,19)(H,17,18). The van der Waals surface area contributed by atoms with Crippen LogP contribution in [0.25, 0.3) is 0 Å². The van der Waals surface area contributed by atoms with E-state index in [1.807, 2.05) is 20.8 Å². The lowest BCUT2D eigenvalue weighted by Crippen LogP contribution is -2.19. The van der Waals surface area contributed by atoms with Crippen molar-refractivity contribution in [3.63, 3.8) is 0 Å². The predicted octanol–water partition coefficient (Wildman–Crippen LogP) is 2.78. The fraction of sp³-hybridized carbons (Fsp3) is 0.467. The average Bonchev–Trinajstić information content (AvgIpc) is 2.46. The van der Waals surface area contributed by atoms with E-state index in [9.17, 15) is 9.59 Å². The maximum Gasteiger partial charge on any atom is 0.227 e. The zero-order valence-electron chi connectivity index (χ0n) is 12.1. The van der Waals surface area contributed by atoms with Gasteiger partial charge >= 0.3 is 0 Å². The lowest BCUT2D eigenvalue weighted by Gasteiger charge is -2.17. The van der Waals surface area contributed by atoms with Gasteiger partial charge in [0.05, 0.1) is 18.7 Å². The van der Waals surface area contributed by atoms with Gasteiger partial charge < -0.3 is 15.4 Å². The number of rotatable bonds is 2. The van der Waals surface area contributed by atoms with Crippen LogP contribution in [-0.2, 0) is 9.59 Å². The highest BCUT2D eigenvalue weighted by Crippen LogP contribution is 2.30. The molecule has 1 aromatic carbocycles. The van der Waals surface area contributed by atoms with E-state index in [-0.39, 0.29) is 17.2 Å².